The summed E-state index contributed by atoms with van der Waals surface area (Å²) in [6, 6.07) is 2.56. The molecule has 1 saturated heterocycles. The zero-order chi connectivity index (χ0) is 13.3. The van der Waals surface area contributed by atoms with Gasteiger partial charge in [0.25, 0.3) is 5.91 Å². The fraction of sp³-hybridized carbons (Fsp3) is 0.500. The number of aromatic carboxylic acids is 1. The van der Waals surface area contributed by atoms with E-state index in [1.807, 2.05) is 13.8 Å². The summed E-state index contributed by atoms with van der Waals surface area (Å²) in [5.41, 5.74) is 0. The van der Waals surface area contributed by atoms with Crippen LogP contribution >= 0.6 is 0 Å². The van der Waals surface area contributed by atoms with Crippen LogP contribution in [0.1, 0.15) is 35.0 Å². The maximum Gasteiger partial charge on any atom is 0.371 e. The third-order valence-corrected chi connectivity index (χ3v) is 2.93. The first-order valence-corrected chi connectivity index (χ1v) is 5.74. The lowest BCUT2D eigenvalue weighted by Gasteiger charge is -2.38. The highest BCUT2D eigenvalue weighted by molar-refractivity contribution is 5.94. The Balaban J connectivity index is 2.21. The highest BCUT2D eigenvalue weighted by Gasteiger charge is 2.32. The van der Waals surface area contributed by atoms with Crippen molar-refractivity contribution < 1.29 is 23.8 Å². The largest absolute Gasteiger partial charge is 0.475 e. The minimum Gasteiger partial charge on any atom is -0.475 e. The number of amides is 1. The Kier molecular flexibility index (Phi) is 3.38. The molecule has 1 fully saturated rings. The van der Waals surface area contributed by atoms with E-state index in [9.17, 15) is 9.59 Å². The molecule has 0 unspecified atom stereocenters. The van der Waals surface area contributed by atoms with Crippen molar-refractivity contribution in [2.24, 2.45) is 0 Å². The zero-order valence-electron chi connectivity index (χ0n) is 10.3. The second-order valence-electron chi connectivity index (χ2n) is 4.42. The van der Waals surface area contributed by atoms with Crippen molar-refractivity contribution in [1.82, 2.24) is 4.90 Å². The van der Waals surface area contributed by atoms with Crippen LogP contribution in [0.4, 0.5) is 0 Å². The van der Waals surface area contributed by atoms with E-state index >= 15 is 0 Å². The quantitative estimate of drug-likeness (QED) is 0.857. The van der Waals surface area contributed by atoms with Gasteiger partial charge in [-0.1, -0.05) is 0 Å². The fourth-order valence-electron chi connectivity index (χ4n) is 2.10. The van der Waals surface area contributed by atoms with Gasteiger partial charge in [-0.05, 0) is 26.0 Å². The van der Waals surface area contributed by atoms with E-state index in [1.54, 1.807) is 4.90 Å². The lowest BCUT2D eigenvalue weighted by molar-refractivity contribution is -0.0263. The van der Waals surface area contributed by atoms with Crippen molar-refractivity contribution in [3.63, 3.8) is 0 Å². The Morgan fingerprint density at radius 1 is 1.22 bits per heavy atom. The molecule has 18 heavy (non-hydrogen) atoms. The predicted octanol–water partition coefficient (Wildman–Crippen LogP) is 1.23. The zero-order valence-corrected chi connectivity index (χ0v) is 10.3. The first-order valence-electron chi connectivity index (χ1n) is 5.74. The van der Waals surface area contributed by atoms with Gasteiger partial charge in [0.05, 0.1) is 25.3 Å². The Hall–Kier alpha value is -1.82. The molecule has 0 aliphatic carbocycles. The number of carboxylic acids is 1. The first kappa shape index (κ1) is 12.6. The lowest BCUT2D eigenvalue weighted by atomic mass is 10.1. The average Bonchev–Trinajstić information content (AvgIpc) is 2.77. The number of ether oxygens (including phenoxy) is 1. The number of carbonyl (C=O) groups is 2. The molecule has 2 heterocycles. The first-order chi connectivity index (χ1) is 8.50. The summed E-state index contributed by atoms with van der Waals surface area (Å²) in [6.45, 7) is 4.72. The van der Waals surface area contributed by atoms with Gasteiger partial charge in [0.1, 0.15) is 0 Å². The molecule has 6 nitrogen and oxygen atoms in total. The number of furan rings is 1. The maximum atomic E-state index is 12.2. The normalized spacial score (nSPS) is 24.0. The lowest BCUT2D eigenvalue weighted by Crippen LogP contribution is -2.52. The standard InChI is InChI=1S/C12H15NO5/c1-7-5-17-6-8(2)13(7)11(14)9-3-4-10(18-9)12(15)16/h3-4,7-8H,5-6H2,1-2H3,(H,15,16)/t7-,8-/m1/s1. The van der Waals surface area contributed by atoms with E-state index in [-0.39, 0.29) is 29.5 Å². The van der Waals surface area contributed by atoms with Crippen molar-refractivity contribution in [3.05, 3.63) is 23.7 Å². The molecule has 0 spiro atoms. The third kappa shape index (κ3) is 2.24. The molecule has 0 saturated carbocycles. The van der Waals surface area contributed by atoms with Crippen LogP contribution in [-0.2, 0) is 4.74 Å². The average molecular weight is 253 g/mol. The van der Waals surface area contributed by atoms with Gasteiger partial charge in [0.2, 0.25) is 5.76 Å². The van der Waals surface area contributed by atoms with E-state index in [0.29, 0.717) is 13.2 Å². The molecular weight excluding hydrogens is 238 g/mol. The van der Waals surface area contributed by atoms with Crippen LogP contribution in [0.25, 0.3) is 0 Å². The Morgan fingerprint density at radius 2 is 1.78 bits per heavy atom. The minimum absolute atomic E-state index is 0.0491. The van der Waals surface area contributed by atoms with E-state index < -0.39 is 5.97 Å². The molecule has 0 radical (unpaired) electrons. The van der Waals surface area contributed by atoms with Gasteiger partial charge in [0.15, 0.2) is 5.76 Å². The minimum atomic E-state index is -1.18. The Labute approximate surface area is 104 Å². The van der Waals surface area contributed by atoms with Crippen LogP contribution in [0, 0.1) is 0 Å². The number of carboxylic acid groups (broad SMARTS) is 1. The van der Waals surface area contributed by atoms with Gasteiger partial charge in [0, 0.05) is 0 Å². The van der Waals surface area contributed by atoms with Crippen LogP contribution < -0.4 is 0 Å². The molecule has 1 N–H and O–H groups in total. The van der Waals surface area contributed by atoms with Crippen molar-refractivity contribution in [2.75, 3.05) is 13.2 Å². The molecule has 1 aliphatic heterocycles. The predicted molar refractivity (Wildman–Crippen MR) is 61.6 cm³/mol. The number of carbonyl (C=O) groups excluding carboxylic acids is 1. The monoisotopic (exact) mass is 253 g/mol. The summed E-state index contributed by atoms with van der Waals surface area (Å²) in [6.07, 6.45) is 0. The smallest absolute Gasteiger partial charge is 0.371 e. The van der Waals surface area contributed by atoms with Crippen LogP contribution in [-0.4, -0.2) is 47.2 Å². The molecule has 98 valence electrons. The third-order valence-electron chi connectivity index (χ3n) is 2.93. The number of hydrogen-bond acceptors (Lipinski definition) is 4. The summed E-state index contributed by atoms with van der Waals surface area (Å²) >= 11 is 0. The SMILES string of the molecule is C[C@@H]1COC[C@@H](C)N1C(=O)c1ccc(C(=O)O)o1. The van der Waals surface area contributed by atoms with Crippen molar-refractivity contribution in [2.45, 2.75) is 25.9 Å². The second kappa shape index (κ2) is 4.81. The molecule has 2 atom stereocenters. The van der Waals surface area contributed by atoms with Gasteiger partial charge < -0.3 is 19.2 Å². The molecule has 1 aromatic rings. The molecule has 2 rings (SSSR count). The molecule has 0 bridgehead atoms. The van der Waals surface area contributed by atoms with E-state index in [2.05, 4.69) is 0 Å². The molecular formula is C12H15NO5. The van der Waals surface area contributed by atoms with Gasteiger partial charge in [-0.2, -0.15) is 0 Å². The van der Waals surface area contributed by atoms with Crippen LogP contribution in [0.2, 0.25) is 0 Å². The maximum absolute atomic E-state index is 12.2. The summed E-state index contributed by atoms with van der Waals surface area (Å²) in [5.74, 6) is -1.66. The summed E-state index contributed by atoms with van der Waals surface area (Å²) in [7, 11) is 0. The van der Waals surface area contributed by atoms with E-state index in [1.165, 1.54) is 12.1 Å². The molecule has 6 heteroatoms. The number of hydrogen-bond donors (Lipinski definition) is 1. The van der Waals surface area contributed by atoms with Crippen molar-refractivity contribution in [1.29, 1.82) is 0 Å². The van der Waals surface area contributed by atoms with E-state index in [4.69, 9.17) is 14.3 Å². The molecule has 1 amide bonds. The van der Waals surface area contributed by atoms with Gasteiger partial charge in [-0.25, -0.2) is 4.79 Å². The fourth-order valence-corrected chi connectivity index (χ4v) is 2.10. The van der Waals surface area contributed by atoms with Gasteiger partial charge in [-0.3, -0.25) is 4.79 Å². The molecule has 0 aromatic carbocycles. The number of nitrogens with zero attached hydrogens (tertiary/aromatic N) is 1. The summed E-state index contributed by atoms with van der Waals surface area (Å²) in [4.78, 5) is 24.6. The van der Waals surface area contributed by atoms with Crippen LogP contribution in [0.3, 0.4) is 0 Å². The number of morpholine rings is 1. The second-order valence-corrected chi connectivity index (χ2v) is 4.42. The summed E-state index contributed by atoms with van der Waals surface area (Å²) < 4.78 is 10.4. The molecule has 1 aromatic heterocycles. The van der Waals surface area contributed by atoms with Crippen molar-refractivity contribution in [3.8, 4) is 0 Å². The Bertz CT molecular complexity index is 457. The van der Waals surface area contributed by atoms with Gasteiger partial charge >= 0.3 is 5.97 Å². The topological polar surface area (TPSA) is 80.0 Å². The molecule has 1 aliphatic rings. The Morgan fingerprint density at radius 3 is 2.28 bits per heavy atom. The van der Waals surface area contributed by atoms with Crippen LogP contribution in [0.5, 0.6) is 0 Å². The number of rotatable bonds is 2. The van der Waals surface area contributed by atoms with Crippen molar-refractivity contribution >= 4 is 11.9 Å². The van der Waals surface area contributed by atoms with Gasteiger partial charge in [-0.15, -0.1) is 0 Å². The van der Waals surface area contributed by atoms with E-state index in [0.717, 1.165) is 0 Å². The highest BCUT2D eigenvalue weighted by atomic mass is 16.5. The summed E-state index contributed by atoms with van der Waals surface area (Å²) in [5, 5.41) is 8.76. The highest BCUT2D eigenvalue weighted by Crippen LogP contribution is 2.18. The van der Waals surface area contributed by atoms with Crippen LogP contribution in [0.15, 0.2) is 16.5 Å².